The molecule has 1 aromatic heterocycles. The van der Waals surface area contributed by atoms with Crippen molar-refractivity contribution in [1.82, 2.24) is 4.57 Å². The molecule has 0 saturated carbocycles. The largest absolute Gasteiger partial charge is 0.464 e. The quantitative estimate of drug-likeness (QED) is 0.536. The van der Waals surface area contributed by atoms with Crippen LogP contribution < -0.4 is 0 Å². The molecule has 0 amide bonds. The third kappa shape index (κ3) is 1.69. The van der Waals surface area contributed by atoms with E-state index in [0.29, 0.717) is 5.69 Å². The van der Waals surface area contributed by atoms with Crippen LogP contribution in [0.2, 0.25) is 0 Å². The van der Waals surface area contributed by atoms with Crippen molar-refractivity contribution in [2.75, 3.05) is 7.11 Å². The molecule has 0 aliphatic rings. The second-order valence-corrected chi connectivity index (χ2v) is 3.12. The normalized spacial score (nSPS) is 12.2. The van der Waals surface area contributed by atoms with E-state index in [-0.39, 0.29) is 5.92 Å². The first kappa shape index (κ1) is 10.5. The van der Waals surface area contributed by atoms with Crippen molar-refractivity contribution in [3.05, 3.63) is 23.5 Å². The second-order valence-electron chi connectivity index (χ2n) is 3.12. The van der Waals surface area contributed by atoms with E-state index < -0.39 is 5.97 Å². The molecule has 1 atom stereocenters. The van der Waals surface area contributed by atoms with E-state index in [2.05, 4.69) is 4.74 Å². The SMILES string of the molecule is COC(=O)c1ccc(C(C)C=O)n1C. The number of aromatic nitrogens is 1. The van der Waals surface area contributed by atoms with Crippen molar-refractivity contribution in [2.45, 2.75) is 12.8 Å². The summed E-state index contributed by atoms with van der Waals surface area (Å²) in [5.74, 6) is -0.602. The lowest BCUT2D eigenvalue weighted by molar-refractivity contribution is -0.108. The summed E-state index contributed by atoms with van der Waals surface area (Å²) >= 11 is 0. The molecule has 4 nitrogen and oxygen atoms in total. The predicted molar refractivity (Wildman–Crippen MR) is 51.2 cm³/mol. The highest BCUT2D eigenvalue weighted by Crippen LogP contribution is 2.16. The zero-order valence-electron chi connectivity index (χ0n) is 8.48. The van der Waals surface area contributed by atoms with E-state index in [1.54, 1.807) is 30.7 Å². The molecular weight excluding hydrogens is 182 g/mol. The van der Waals surface area contributed by atoms with Gasteiger partial charge in [0.25, 0.3) is 0 Å². The molecule has 4 heteroatoms. The Bertz CT molecular complexity index is 354. The zero-order chi connectivity index (χ0) is 10.7. The van der Waals surface area contributed by atoms with Crippen LogP contribution in [0.5, 0.6) is 0 Å². The van der Waals surface area contributed by atoms with Gasteiger partial charge >= 0.3 is 5.97 Å². The number of methoxy groups -OCH3 is 1. The average Bonchev–Trinajstić information content (AvgIpc) is 2.58. The predicted octanol–water partition coefficient (Wildman–Crippen LogP) is 1.11. The minimum Gasteiger partial charge on any atom is -0.464 e. The molecular formula is C10H13NO3. The van der Waals surface area contributed by atoms with E-state index >= 15 is 0 Å². The number of aldehydes is 1. The van der Waals surface area contributed by atoms with Gasteiger partial charge in [-0.3, -0.25) is 0 Å². The smallest absolute Gasteiger partial charge is 0.354 e. The minimum absolute atomic E-state index is 0.210. The Hall–Kier alpha value is -1.58. The second kappa shape index (κ2) is 4.09. The van der Waals surface area contributed by atoms with Crippen molar-refractivity contribution < 1.29 is 14.3 Å². The summed E-state index contributed by atoms with van der Waals surface area (Å²) in [4.78, 5) is 21.8. The summed E-state index contributed by atoms with van der Waals surface area (Å²) in [6, 6.07) is 3.41. The van der Waals surface area contributed by atoms with Crippen LogP contribution in [0.25, 0.3) is 0 Å². The monoisotopic (exact) mass is 195 g/mol. The fourth-order valence-electron chi connectivity index (χ4n) is 1.36. The van der Waals surface area contributed by atoms with E-state index in [9.17, 15) is 9.59 Å². The molecule has 1 rings (SSSR count). The molecule has 76 valence electrons. The first-order valence-electron chi connectivity index (χ1n) is 4.31. The average molecular weight is 195 g/mol. The number of rotatable bonds is 3. The van der Waals surface area contributed by atoms with Crippen LogP contribution in [0, 0.1) is 0 Å². The maximum absolute atomic E-state index is 11.2. The number of hydrogen-bond donors (Lipinski definition) is 0. The lowest BCUT2D eigenvalue weighted by Crippen LogP contribution is -2.11. The number of carbonyl (C=O) groups is 2. The van der Waals surface area contributed by atoms with Gasteiger partial charge in [-0.05, 0) is 12.1 Å². The van der Waals surface area contributed by atoms with E-state index in [4.69, 9.17) is 0 Å². The van der Waals surface area contributed by atoms with Gasteiger partial charge < -0.3 is 14.1 Å². The van der Waals surface area contributed by atoms with Crippen LogP contribution in [0.1, 0.15) is 29.0 Å². The van der Waals surface area contributed by atoms with Gasteiger partial charge in [-0.15, -0.1) is 0 Å². The molecule has 0 bridgehead atoms. The van der Waals surface area contributed by atoms with Gasteiger partial charge in [0.1, 0.15) is 12.0 Å². The minimum atomic E-state index is -0.392. The summed E-state index contributed by atoms with van der Waals surface area (Å²) in [6.07, 6.45) is 0.844. The topological polar surface area (TPSA) is 48.3 Å². The lowest BCUT2D eigenvalue weighted by atomic mass is 10.1. The van der Waals surface area contributed by atoms with E-state index in [1.807, 2.05) is 0 Å². The van der Waals surface area contributed by atoms with Crippen molar-refractivity contribution in [2.24, 2.45) is 7.05 Å². The van der Waals surface area contributed by atoms with Crippen LogP contribution >= 0.6 is 0 Å². The van der Waals surface area contributed by atoms with Crippen LogP contribution in [0.3, 0.4) is 0 Å². The van der Waals surface area contributed by atoms with Gasteiger partial charge in [-0.2, -0.15) is 0 Å². The highest BCUT2D eigenvalue weighted by Gasteiger charge is 2.15. The van der Waals surface area contributed by atoms with Crippen LogP contribution in [-0.2, 0) is 16.6 Å². The number of hydrogen-bond acceptors (Lipinski definition) is 3. The number of ether oxygens (including phenoxy) is 1. The highest BCUT2D eigenvalue weighted by atomic mass is 16.5. The van der Waals surface area contributed by atoms with E-state index in [0.717, 1.165) is 12.0 Å². The van der Waals surface area contributed by atoms with E-state index in [1.165, 1.54) is 7.11 Å². The molecule has 0 spiro atoms. The molecule has 0 radical (unpaired) electrons. The van der Waals surface area contributed by atoms with Crippen molar-refractivity contribution in [1.29, 1.82) is 0 Å². The van der Waals surface area contributed by atoms with Crippen molar-refractivity contribution in [3.8, 4) is 0 Å². The fourth-order valence-corrected chi connectivity index (χ4v) is 1.36. The first-order valence-corrected chi connectivity index (χ1v) is 4.31. The Kier molecular flexibility index (Phi) is 3.06. The van der Waals surface area contributed by atoms with Crippen LogP contribution in [0.4, 0.5) is 0 Å². The Balaban J connectivity index is 3.08. The maximum atomic E-state index is 11.2. The van der Waals surface area contributed by atoms with Crippen molar-refractivity contribution in [3.63, 3.8) is 0 Å². The zero-order valence-corrected chi connectivity index (χ0v) is 8.48. The Morgan fingerprint density at radius 1 is 1.57 bits per heavy atom. The van der Waals surface area contributed by atoms with Gasteiger partial charge in [-0.1, -0.05) is 6.92 Å². The Labute approximate surface area is 82.5 Å². The number of nitrogens with zero attached hydrogens (tertiary/aromatic N) is 1. The van der Waals surface area contributed by atoms with Gasteiger partial charge in [0.15, 0.2) is 0 Å². The summed E-state index contributed by atoms with van der Waals surface area (Å²) in [5, 5.41) is 0. The molecule has 0 aliphatic carbocycles. The lowest BCUT2D eigenvalue weighted by Gasteiger charge is -2.07. The van der Waals surface area contributed by atoms with Gasteiger partial charge in [0, 0.05) is 12.7 Å². The summed E-state index contributed by atoms with van der Waals surface area (Å²) in [7, 11) is 3.07. The van der Waals surface area contributed by atoms with Crippen LogP contribution in [-0.4, -0.2) is 23.9 Å². The standard InChI is InChI=1S/C10H13NO3/c1-7(6-12)8-4-5-9(11(8)2)10(13)14-3/h4-7H,1-3H3. The fraction of sp³-hybridized carbons (Fsp3) is 0.400. The molecule has 1 aromatic rings. The molecule has 0 saturated heterocycles. The van der Waals surface area contributed by atoms with Crippen molar-refractivity contribution >= 4 is 12.3 Å². The summed E-state index contributed by atoms with van der Waals surface area (Å²) < 4.78 is 6.27. The molecule has 0 aliphatic heterocycles. The van der Waals surface area contributed by atoms with Gasteiger partial charge in [0.2, 0.25) is 0 Å². The number of carbonyl (C=O) groups excluding carboxylic acids is 2. The molecule has 0 N–H and O–H groups in total. The maximum Gasteiger partial charge on any atom is 0.354 e. The molecule has 0 fully saturated rings. The van der Waals surface area contributed by atoms with Crippen LogP contribution in [0.15, 0.2) is 12.1 Å². The summed E-state index contributed by atoms with van der Waals surface area (Å²) in [5.41, 5.74) is 1.26. The number of esters is 1. The highest BCUT2D eigenvalue weighted by molar-refractivity contribution is 5.88. The molecule has 0 aromatic carbocycles. The summed E-state index contributed by atoms with van der Waals surface area (Å²) in [6.45, 7) is 1.78. The molecule has 1 unspecified atom stereocenters. The van der Waals surface area contributed by atoms with Gasteiger partial charge in [0.05, 0.1) is 13.0 Å². The Morgan fingerprint density at radius 3 is 2.71 bits per heavy atom. The van der Waals surface area contributed by atoms with Gasteiger partial charge in [-0.25, -0.2) is 4.79 Å². The Morgan fingerprint density at radius 2 is 2.21 bits per heavy atom. The molecule has 1 heterocycles. The third-order valence-electron chi connectivity index (χ3n) is 2.23. The molecule has 14 heavy (non-hydrogen) atoms. The third-order valence-corrected chi connectivity index (χ3v) is 2.23. The first-order chi connectivity index (χ1) is 6.61.